The first-order valence-electron chi connectivity index (χ1n) is 8.98. The number of aliphatic carboxylic acids is 1. The summed E-state index contributed by atoms with van der Waals surface area (Å²) >= 11 is 0. The van der Waals surface area contributed by atoms with E-state index in [1.54, 1.807) is 6.07 Å². The fourth-order valence-electron chi connectivity index (χ4n) is 2.93. The Hall–Kier alpha value is -3.68. The molecule has 0 aromatic heterocycles. The van der Waals surface area contributed by atoms with Crippen LogP contribution in [0.2, 0.25) is 0 Å². The highest BCUT2D eigenvalue weighted by Gasteiger charge is 2.35. The van der Waals surface area contributed by atoms with Gasteiger partial charge < -0.3 is 15.2 Å². The Balaban J connectivity index is 1.64. The molecule has 0 saturated heterocycles. The molecule has 0 atom stereocenters. The molecule has 0 saturated carbocycles. The number of amides is 3. The van der Waals surface area contributed by atoms with Gasteiger partial charge in [0.2, 0.25) is 0 Å². The van der Waals surface area contributed by atoms with Crippen molar-refractivity contribution in [1.29, 1.82) is 0 Å². The molecule has 2 aromatic carbocycles. The molecular formula is C21H20N2O6. The molecule has 150 valence electrons. The van der Waals surface area contributed by atoms with E-state index in [1.165, 1.54) is 18.2 Å². The van der Waals surface area contributed by atoms with Crippen LogP contribution in [-0.2, 0) is 9.59 Å². The molecular weight excluding hydrogens is 376 g/mol. The zero-order valence-corrected chi connectivity index (χ0v) is 16.0. The average molecular weight is 396 g/mol. The summed E-state index contributed by atoms with van der Waals surface area (Å²) in [4.78, 5) is 48.4. The number of rotatable bonds is 7. The molecule has 8 nitrogen and oxygen atoms in total. The molecule has 1 aliphatic rings. The third-order valence-electron chi connectivity index (χ3n) is 4.65. The topological polar surface area (TPSA) is 113 Å². The van der Waals surface area contributed by atoms with Gasteiger partial charge in [0.25, 0.3) is 17.7 Å². The van der Waals surface area contributed by atoms with Gasteiger partial charge in [-0.05, 0) is 55.3 Å². The van der Waals surface area contributed by atoms with Crippen molar-refractivity contribution in [2.24, 2.45) is 0 Å². The van der Waals surface area contributed by atoms with Crippen LogP contribution < -0.4 is 10.1 Å². The minimum absolute atomic E-state index is 0.133. The lowest BCUT2D eigenvalue weighted by Gasteiger charge is -2.11. The lowest BCUT2D eigenvalue weighted by molar-refractivity contribution is -0.137. The van der Waals surface area contributed by atoms with Crippen LogP contribution in [0.25, 0.3) is 0 Å². The molecule has 0 radical (unpaired) electrons. The summed E-state index contributed by atoms with van der Waals surface area (Å²) in [5.74, 6) is -2.05. The normalized spacial score (nSPS) is 12.7. The minimum atomic E-state index is -1.10. The second-order valence-corrected chi connectivity index (χ2v) is 6.75. The first kappa shape index (κ1) is 20.1. The highest BCUT2D eigenvalue weighted by Crippen LogP contribution is 2.26. The summed E-state index contributed by atoms with van der Waals surface area (Å²) in [6.07, 6.45) is -0.328. The molecule has 1 heterocycles. The summed E-state index contributed by atoms with van der Waals surface area (Å²) < 4.78 is 5.48. The predicted octanol–water partition coefficient (Wildman–Crippen LogP) is 2.39. The van der Waals surface area contributed by atoms with Crippen LogP contribution in [0.3, 0.4) is 0 Å². The quantitative estimate of drug-likeness (QED) is 0.695. The molecule has 2 N–H and O–H groups in total. The molecule has 0 bridgehead atoms. The SMILES string of the molecule is Cc1ccc(OCC(=O)Nc2ccc3c(c2)C(=O)N(CCC(=O)O)C3=O)cc1C. The van der Waals surface area contributed by atoms with Crippen LogP contribution in [0.15, 0.2) is 36.4 Å². The summed E-state index contributed by atoms with van der Waals surface area (Å²) in [6.45, 7) is 3.52. The van der Waals surface area contributed by atoms with Crippen molar-refractivity contribution in [3.8, 4) is 5.75 Å². The van der Waals surface area contributed by atoms with Crippen LogP contribution in [0.5, 0.6) is 5.75 Å². The maximum absolute atomic E-state index is 12.4. The first-order chi connectivity index (χ1) is 13.8. The van der Waals surface area contributed by atoms with Gasteiger partial charge in [-0.2, -0.15) is 0 Å². The van der Waals surface area contributed by atoms with Crippen molar-refractivity contribution >= 4 is 29.4 Å². The van der Waals surface area contributed by atoms with Crippen LogP contribution in [0.4, 0.5) is 5.69 Å². The molecule has 1 aliphatic heterocycles. The Bertz CT molecular complexity index is 1010. The second kappa shape index (κ2) is 8.14. The minimum Gasteiger partial charge on any atom is -0.484 e. The van der Waals surface area contributed by atoms with Crippen molar-refractivity contribution < 1.29 is 29.0 Å². The van der Waals surface area contributed by atoms with Gasteiger partial charge >= 0.3 is 5.97 Å². The monoisotopic (exact) mass is 396 g/mol. The predicted molar refractivity (Wildman–Crippen MR) is 104 cm³/mol. The number of benzene rings is 2. The zero-order chi connectivity index (χ0) is 21.1. The lowest BCUT2D eigenvalue weighted by Crippen LogP contribution is -2.31. The molecule has 0 aliphatic carbocycles. The van der Waals surface area contributed by atoms with Gasteiger partial charge in [0.15, 0.2) is 6.61 Å². The van der Waals surface area contributed by atoms with E-state index in [9.17, 15) is 19.2 Å². The van der Waals surface area contributed by atoms with Crippen LogP contribution in [0, 0.1) is 13.8 Å². The summed E-state index contributed by atoms with van der Waals surface area (Å²) in [7, 11) is 0. The van der Waals surface area contributed by atoms with E-state index in [2.05, 4.69) is 5.32 Å². The van der Waals surface area contributed by atoms with Crippen molar-refractivity contribution in [1.82, 2.24) is 4.90 Å². The van der Waals surface area contributed by atoms with Gasteiger partial charge in [0.05, 0.1) is 17.5 Å². The molecule has 8 heteroatoms. The fraction of sp³-hybridized carbons (Fsp3) is 0.238. The number of hydrogen-bond acceptors (Lipinski definition) is 5. The summed E-state index contributed by atoms with van der Waals surface area (Å²) in [5.41, 5.74) is 2.84. The number of imide groups is 1. The van der Waals surface area contributed by atoms with Crippen LogP contribution in [-0.4, -0.2) is 46.8 Å². The number of fused-ring (bicyclic) bond motifs is 1. The van der Waals surface area contributed by atoms with Gasteiger partial charge in [-0.15, -0.1) is 0 Å². The van der Waals surface area contributed by atoms with E-state index in [0.717, 1.165) is 16.0 Å². The standard InChI is InChI=1S/C21H20N2O6/c1-12-3-5-15(9-13(12)2)29-11-18(24)22-14-4-6-16-17(10-14)21(28)23(20(16)27)8-7-19(25)26/h3-6,9-10H,7-8,11H2,1-2H3,(H,22,24)(H,25,26). The Morgan fingerprint density at radius 2 is 1.72 bits per heavy atom. The number of aryl methyl sites for hydroxylation is 2. The molecule has 0 unspecified atom stereocenters. The Labute approximate surface area is 167 Å². The van der Waals surface area contributed by atoms with Crippen molar-refractivity contribution in [2.75, 3.05) is 18.5 Å². The Morgan fingerprint density at radius 1 is 1.00 bits per heavy atom. The number of anilines is 1. The van der Waals surface area contributed by atoms with Gasteiger partial charge in [0, 0.05) is 12.2 Å². The Morgan fingerprint density at radius 3 is 2.41 bits per heavy atom. The average Bonchev–Trinajstić information content (AvgIpc) is 2.91. The van der Waals surface area contributed by atoms with Crippen LogP contribution in [0.1, 0.15) is 38.3 Å². The number of carboxylic acids is 1. The first-order valence-corrected chi connectivity index (χ1v) is 8.98. The summed E-state index contributed by atoms with van der Waals surface area (Å²) in [5, 5.41) is 11.4. The lowest BCUT2D eigenvalue weighted by atomic mass is 10.1. The van der Waals surface area contributed by atoms with E-state index in [-0.39, 0.29) is 30.7 Å². The van der Waals surface area contributed by atoms with Gasteiger partial charge in [0.1, 0.15) is 5.75 Å². The molecule has 0 spiro atoms. The highest BCUT2D eigenvalue weighted by molar-refractivity contribution is 6.22. The van der Waals surface area contributed by atoms with E-state index >= 15 is 0 Å². The smallest absolute Gasteiger partial charge is 0.305 e. The molecule has 0 fully saturated rings. The number of nitrogens with one attached hydrogen (secondary N) is 1. The van der Waals surface area contributed by atoms with Crippen LogP contribution >= 0.6 is 0 Å². The van der Waals surface area contributed by atoms with E-state index in [4.69, 9.17) is 9.84 Å². The third-order valence-corrected chi connectivity index (χ3v) is 4.65. The molecule has 2 aromatic rings. The summed E-state index contributed by atoms with van der Waals surface area (Å²) in [6, 6.07) is 9.88. The number of carbonyl (C=O) groups is 4. The maximum atomic E-state index is 12.4. The van der Waals surface area contributed by atoms with Crippen molar-refractivity contribution in [3.63, 3.8) is 0 Å². The number of ether oxygens (including phenoxy) is 1. The molecule has 29 heavy (non-hydrogen) atoms. The zero-order valence-electron chi connectivity index (χ0n) is 16.0. The highest BCUT2D eigenvalue weighted by atomic mass is 16.5. The van der Waals surface area contributed by atoms with E-state index in [0.29, 0.717) is 11.4 Å². The van der Waals surface area contributed by atoms with Gasteiger partial charge in [-0.1, -0.05) is 6.07 Å². The fourth-order valence-corrected chi connectivity index (χ4v) is 2.93. The maximum Gasteiger partial charge on any atom is 0.305 e. The molecule has 3 amide bonds. The number of carboxylic acid groups (broad SMARTS) is 1. The van der Waals surface area contributed by atoms with Gasteiger partial charge in [-0.3, -0.25) is 24.1 Å². The van der Waals surface area contributed by atoms with Crippen molar-refractivity contribution in [3.05, 3.63) is 58.7 Å². The number of hydrogen-bond donors (Lipinski definition) is 2. The van der Waals surface area contributed by atoms with Gasteiger partial charge in [-0.25, -0.2) is 0 Å². The number of carbonyl (C=O) groups excluding carboxylic acids is 3. The second-order valence-electron chi connectivity index (χ2n) is 6.75. The number of nitrogens with zero attached hydrogens (tertiary/aromatic N) is 1. The van der Waals surface area contributed by atoms with E-state index in [1.807, 2.05) is 26.0 Å². The molecule has 3 rings (SSSR count). The van der Waals surface area contributed by atoms with E-state index < -0.39 is 23.7 Å². The van der Waals surface area contributed by atoms with Crippen molar-refractivity contribution in [2.45, 2.75) is 20.3 Å². The third kappa shape index (κ3) is 4.43. The largest absolute Gasteiger partial charge is 0.484 e. The Kier molecular flexibility index (Phi) is 5.63.